The monoisotopic (exact) mass is 544 g/mol. The van der Waals surface area contributed by atoms with Crippen LogP contribution in [-0.4, -0.2) is 66.2 Å². The highest BCUT2D eigenvalue weighted by atomic mass is 19.3. The first kappa shape index (κ1) is 27.4. The van der Waals surface area contributed by atoms with Gasteiger partial charge in [-0.25, -0.2) is 13.8 Å². The third-order valence-corrected chi connectivity index (χ3v) is 5.61. The van der Waals surface area contributed by atoms with E-state index in [4.69, 9.17) is 10.1 Å². The Morgan fingerprint density at radius 3 is 2.44 bits per heavy atom. The number of pyridine rings is 1. The summed E-state index contributed by atoms with van der Waals surface area (Å²) >= 11 is 0. The maximum absolute atomic E-state index is 13.9. The lowest BCUT2D eigenvalue weighted by Gasteiger charge is -2.22. The molecule has 1 aliphatic carbocycles. The van der Waals surface area contributed by atoms with E-state index in [0.717, 1.165) is 4.68 Å². The summed E-state index contributed by atoms with van der Waals surface area (Å²) < 4.78 is 61.2. The van der Waals surface area contributed by atoms with Crippen molar-refractivity contribution in [1.82, 2.24) is 25.0 Å². The van der Waals surface area contributed by atoms with E-state index in [9.17, 15) is 22.4 Å². The third kappa shape index (κ3) is 5.92. The Labute approximate surface area is 220 Å². The number of alkyl halides is 4. The molecule has 3 aromatic rings. The van der Waals surface area contributed by atoms with Crippen LogP contribution < -0.4 is 20.3 Å². The van der Waals surface area contributed by atoms with Crippen molar-refractivity contribution in [2.45, 2.75) is 13.0 Å². The maximum atomic E-state index is 13.9. The number of rotatable bonds is 9. The summed E-state index contributed by atoms with van der Waals surface area (Å²) in [6, 6.07) is 8.18. The minimum Gasteiger partial charge on any atom is -0.472 e. The van der Waals surface area contributed by atoms with E-state index in [-0.39, 0.29) is 33.9 Å². The van der Waals surface area contributed by atoms with Gasteiger partial charge in [0.15, 0.2) is 6.61 Å². The maximum Gasteiger partial charge on any atom is 0.387 e. The Bertz CT molecular complexity index is 1550. The van der Waals surface area contributed by atoms with Gasteiger partial charge in [0.25, 0.3) is 12.0 Å². The molecule has 0 unspecified atom stereocenters. The van der Waals surface area contributed by atoms with Gasteiger partial charge < -0.3 is 25.1 Å². The zero-order chi connectivity index (χ0) is 28.3. The van der Waals surface area contributed by atoms with Crippen molar-refractivity contribution in [3.05, 3.63) is 76.4 Å². The fourth-order valence-electron chi connectivity index (χ4n) is 3.98. The Morgan fingerprint density at radius 2 is 1.82 bits per heavy atom. The van der Waals surface area contributed by atoms with Crippen molar-refractivity contribution in [3.63, 3.8) is 0 Å². The molecule has 0 amide bonds. The summed E-state index contributed by atoms with van der Waals surface area (Å²) in [5.41, 5.74) is 1.09. The molecule has 1 aromatic carbocycles. The van der Waals surface area contributed by atoms with Crippen LogP contribution in [0.25, 0.3) is 27.9 Å². The molecular formula is C26H24F4N6O3. The first-order chi connectivity index (χ1) is 18.6. The first-order valence-corrected chi connectivity index (χ1v) is 11.6. The van der Waals surface area contributed by atoms with Crippen molar-refractivity contribution in [2.24, 2.45) is 0 Å². The van der Waals surface area contributed by atoms with E-state index in [1.54, 1.807) is 38.2 Å². The lowest BCUT2D eigenvalue weighted by atomic mass is 10.0. The number of hydrogen-bond donors (Lipinski definition) is 2. The van der Waals surface area contributed by atoms with Gasteiger partial charge in [-0.3, -0.25) is 4.79 Å². The van der Waals surface area contributed by atoms with Gasteiger partial charge in [-0.2, -0.15) is 18.6 Å². The fraction of sp³-hybridized carbons (Fsp3) is 0.231. The molecule has 13 heteroatoms. The molecule has 0 spiro atoms. The SMILES string of the molecule is CN/C(=C1/C=C(n2nc3ccc(OCC(F)F)nc3c(-c3ccc(OC(F)F)cc3)c2=O)C=CC1=N)N(C)C. The van der Waals surface area contributed by atoms with Crippen LogP contribution in [0.1, 0.15) is 0 Å². The molecule has 204 valence electrons. The predicted octanol–water partition coefficient (Wildman–Crippen LogP) is 4.13. The van der Waals surface area contributed by atoms with Gasteiger partial charge in [0.1, 0.15) is 22.6 Å². The minimum atomic E-state index is -3.03. The first-order valence-electron chi connectivity index (χ1n) is 11.6. The van der Waals surface area contributed by atoms with Gasteiger partial charge in [0.2, 0.25) is 5.88 Å². The number of nitrogens with zero attached hydrogens (tertiary/aromatic N) is 4. The molecule has 0 saturated heterocycles. The smallest absolute Gasteiger partial charge is 0.387 e. The lowest BCUT2D eigenvalue weighted by molar-refractivity contribution is -0.0498. The predicted molar refractivity (Wildman–Crippen MR) is 138 cm³/mol. The number of benzene rings is 1. The standard InChI is InChI=1S/C26H24F4N6O3/c1-32-24(35(2)3)17-12-15(6-9-18(17)31)36-25(37)22(14-4-7-16(8-5-14)39-26(29)30)23-19(34-36)10-11-21(33-23)38-13-20(27)28/h4-12,20,26,31-32H,13H2,1-3H3/b24-17+,31-18?. The van der Waals surface area contributed by atoms with E-state index in [2.05, 4.69) is 20.1 Å². The minimum absolute atomic E-state index is 0.0352. The van der Waals surface area contributed by atoms with Crippen molar-refractivity contribution in [1.29, 1.82) is 5.41 Å². The van der Waals surface area contributed by atoms with Crippen LogP contribution in [0.5, 0.6) is 11.6 Å². The average molecular weight is 545 g/mol. The van der Waals surface area contributed by atoms with E-state index in [1.807, 2.05) is 0 Å². The van der Waals surface area contributed by atoms with Gasteiger partial charge in [-0.15, -0.1) is 0 Å². The van der Waals surface area contributed by atoms with Crippen LogP contribution in [0.15, 0.2) is 70.8 Å². The highest BCUT2D eigenvalue weighted by Crippen LogP contribution is 2.28. The second kappa shape index (κ2) is 11.4. The Balaban J connectivity index is 1.94. The summed E-state index contributed by atoms with van der Waals surface area (Å²) in [6.45, 7) is -3.92. The van der Waals surface area contributed by atoms with Gasteiger partial charge in [0.05, 0.1) is 17.0 Å². The molecule has 0 fully saturated rings. The summed E-state index contributed by atoms with van der Waals surface area (Å²) in [5.74, 6) is 0.379. The highest BCUT2D eigenvalue weighted by Gasteiger charge is 2.21. The molecule has 1 aliphatic rings. The van der Waals surface area contributed by atoms with Crippen molar-refractivity contribution < 1.29 is 27.0 Å². The highest BCUT2D eigenvalue weighted by molar-refractivity contribution is 6.12. The number of hydrogen-bond acceptors (Lipinski definition) is 8. The van der Waals surface area contributed by atoms with E-state index >= 15 is 0 Å². The Morgan fingerprint density at radius 1 is 1.10 bits per heavy atom. The van der Waals surface area contributed by atoms with Gasteiger partial charge >= 0.3 is 6.61 Å². The normalized spacial score (nSPS) is 14.6. The largest absolute Gasteiger partial charge is 0.472 e. The van der Waals surface area contributed by atoms with Crippen LogP contribution in [-0.2, 0) is 0 Å². The third-order valence-electron chi connectivity index (χ3n) is 5.61. The Kier molecular flexibility index (Phi) is 7.98. The zero-order valence-electron chi connectivity index (χ0n) is 21.1. The number of allylic oxidation sites excluding steroid dienone is 5. The molecular weight excluding hydrogens is 520 g/mol. The van der Waals surface area contributed by atoms with E-state index in [1.165, 1.54) is 42.5 Å². The molecule has 0 saturated carbocycles. The van der Waals surface area contributed by atoms with Crippen molar-refractivity contribution in [2.75, 3.05) is 27.7 Å². The molecule has 39 heavy (non-hydrogen) atoms. The van der Waals surface area contributed by atoms with Crippen LogP contribution in [0, 0.1) is 5.41 Å². The number of ether oxygens (including phenoxy) is 2. The number of nitrogens with one attached hydrogen (secondary N) is 2. The van der Waals surface area contributed by atoms with Crippen LogP contribution in [0.4, 0.5) is 17.6 Å². The number of aromatic nitrogens is 3. The second-order valence-electron chi connectivity index (χ2n) is 8.44. The topological polar surface area (TPSA) is 105 Å². The van der Waals surface area contributed by atoms with Crippen molar-refractivity contribution in [3.8, 4) is 22.8 Å². The van der Waals surface area contributed by atoms with Gasteiger partial charge in [-0.1, -0.05) is 12.1 Å². The molecule has 0 atom stereocenters. The summed E-state index contributed by atoms with van der Waals surface area (Å²) in [7, 11) is 5.31. The van der Waals surface area contributed by atoms with Crippen LogP contribution in [0.2, 0.25) is 0 Å². The van der Waals surface area contributed by atoms with Crippen LogP contribution in [0.3, 0.4) is 0 Å². The molecule has 0 bridgehead atoms. The molecule has 0 radical (unpaired) electrons. The summed E-state index contributed by atoms with van der Waals surface area (Å²) in [4.78, 5) is 19.9. The number of halogens is 4. The summed E-state index contributed by atoms with van der Waals surface area (Å²) in [6.07, 6.45) is 1.99. The molecule has 2 N–H and O–H groups in total. The molecule has 4 rings (SSSR count). The van der Waals surface area contributed by atoms with E-state index in [0.29, 0.717) is 22.7 Å². The molecule has 2 aromatic heterocycles. The molecule has 9 nitrogen and oxygen atoms in total. The van der Waals surface area contributed by atoms with Gasteiger partial charge in [-0.05, 0) is 42.0 Å². The fourth-order valence-corrected chi connectivity index (χ4v) is 3.98. The number of fused-ring (bicyclic) bond motifs is 1. The summed E-state index contributed by atoms with van der Waals surface area (Å²) in [5, 5.41) is 15.8. The quantitative estimate of drug-likeness (QED) is 0.391. The molecule has 0 aliphatic heterocycles. The van der Waals surface area contributed by atoms with Crippen LogP contribution >= 0.6 is 0 Å². The zero-order valence-corrected chi connectivity index (χ0v) is 21.1. The lowest BCUT2D eigenvalue weighted by Crippen LogP contribution is -2.28. The van der Waals surface area contributed by atoms with Gasteiger partial charge in [0, 0.05) is 32.8 Å². The average Bonchev–Trinajstić information content (AvgIpc) is 2.89. The Hall–Kier alpha value is -4.68. The molecule has 2 heterocycles. The second-order valence-corrected chi connectivity index (χ2v) is 8.44. The van der Waals surface area contributed by atoms with E-state index < -0.39 is 25.2 Å². The van der Waals surface area contributed by atoms with Crippen molar-refractivity contribution >= 4 is 22.4 Å².